The molecular formula is C20H18N2O5. The number of hydrogen-bond acceptors (Lipinski definition) is 6. The number of fused-ring (bicyclic) bond motifs is 3. The van der Waals surface area contributed by atoms with Gasteiger partial charge in [-0.25, -0.2) is 4.79 Å². The van der Waals surface area contributed by atoms with E-state index in [1.807, 2.05) is 25.1 Å². The average molecular weight is 366 g/mol. The number of nitro benzene ring substituents is 1. The number of rotatable bonds is 4. The van der Waals surface area contributed by atoms with E-state index in [0.717, 1.165) is 16.5 Å². The molecule has 1 aliphatic heterocycles. The van der Waals surface area contributed by atoms with E-state index in [4.69, 9.17) is 9.15 Å². The summed E-state index contributed by atoms with van der Waals surface area (Å²) in [5.41, 5.74) is 2.16. The minimum atomic E-state index is -0.444. The van der Waals surface area contributed by atoms with Crippen LogP contribution < -0.4 is 10.9 Å². The van der Waals surface area contributed by atoms with Crippen molar-refractivity contribution in [2.24, 2.45) is 0 Å². The molecule has 0 unspecified atom stereocenters. The number of benzene rings is 2. The highest BCUT2D eigenvalue weighted by Gasteiger charge is 2.32. The van der Waals surface area contributed by atoms with Gasteiger partial charge < -0.3 is 14.5 Å². The Labute approximate surface area is 154 Å². The normalized spacial score (nSPS) is 18.7. The van der Waals surface area contributed by atoms with Crippen molar-refractivity contribution in [1.82, 2.24) is 0 Å². The molecule has 2 heterocycles. The van der Waals surface area contributed by atoms with E-state index in [1.165, 1.54) is 12.1 Å². The molecule has 0 bridgehead atoms. The standard InChI is InChI=1S/C20H18N2O5/c1-2-26-17-11-15(12-7-9-13(10-8-12)22(24)25)21-19-18(17)14-5-3-4-6-16(14)27-20(19)23/h3-10,15,17,21H,2,11H2,1H3/t15-,17+/m1/s1. The largest absolute Gasteiger partial charge is 0.421 e. The SMILES string of the molecule is CCO[C@H]1C[C@H](c2ccc([N+](=O)[O-])cc2)Nc2c1c1ccccc1oc2=O. The van der Waals surface area contributed by atoms with Gasteiger partial charge in [0.05, 0.1) is 17.1 Å². The third-order valence-corrected chi connectivity index (χ3v) is 4.82. The van der Waals surface area contributed by atoms with E-state index in [0.29, 0.717) is 24.3 Å². The Morgan fingerprint density at radius 3 is 2.67 bits per heavy atom. The topological polar surface area (TPSA) is 94.6 Å². The van der Waals surface area contributed by atoms with E-state index < -0.39 is 10.5 Å². The number of nitrogens with one attached hydrogen (secondary N) is 1. The Bertz CT molecular complexity index is 1060. The lowest BCUT2D eigenvalue weighted by Gasteiger charge is -2.33. The quantitative estimate of drug-likeness (QED) is 0.419. The van der Waals surface area contributed by atoms with Crippen LogP contribution in [0.2, 0.25) is 0 Å². The first-order valence-electron chi connectivity index (χ1n) is 8.76. The second kappa shape index (κ2) is 6.85. The molecule has 7 nitrogen and oxygen atoms in total. The van der Waals surface area contributed by atoms with Crippen LogP contribution in [-0.2, 0) is 4.74 Å². The molecular weight excluding hydrogens is 348 g/mol. The fourth-order valence-corrected chi connectivity index (χ4v) is 3.61. The van der Waals surface area contributed by atoms with Gasteiger partial charge in [-0.2, -0.15) is 0 Å². The first-order chi connectivity index (χ1) is 13.1. The van der Waals surface area contributed by atoms with Crippen molar-refractivity contribution in [2.45, 2.75) is 25.5 Å². The maximum atomic E-state index is 12.6. The van der Waals surface area contributed by atoms with Crippen LogP contribution in [0.4, 0.5) is 11.4 Å². The molecule has 0 saturated carbocycles. The summed E-state index contributed by atoms with van der Waals surface area (Å²) >= 11 is 0. The molecule has 4 rings (SSSR count). The summed E-state index contributed by atoms with van der Waals surface area (Å²) < 4.78 is 11.4. The van der Waals surface area contributed by atoms with Gasteiger partial charge in [-0.3, -0.25) is 10.1 Å². The minimum Gasteiger partial charge on any atom is -0.421 e. The Kier molecular flexibility index (Phi) is 4.37. The Hall–Kier alpha value is -3.19. The van der Waals surface area contributed by atoms with E-state index in [-0.39, 0.29) is 17.8 Å². The second-order valence-electron chi connectivity index (χ2n) is 6.40. The van der Waals surface area contributed by atoms with Gasteiger partial charge in [0, 0.05) is 36.1 Å². The molecule has 0 aliphatic carbocycles. The Balaban J connectivity index is 1.80. The lowest BCUT2D eigenvalue weighted by molar-refractivity contribution is -0.384. The van der Waals surface area contributed by atoms with E-state index in [1.54, 1.807) is 18.2 Å². The number of nitrogens with zero attached hydrogens (tertiary/aromatic N) is 1. The van der Waals surface area contributed by atoms with Crippen molar-refractivity contribution in [2.75, 3.05) is 11.9 Å². The van der Waals surface area contributed by atoms with Gasteiger partial charge >= 0.3 is 5.63 Å². The van der Waals surface area contributed by atoms with Crippen LogP contribution in [0.1, 0.15) is 36.6 Å². The number of nitro groups is 1. The fourth-order valence-electron chi connectivity index (χ4n) is 3.61. The van der Waals surface area contributed by atoms with Gasteiger partial charge in [0.15, 0.2) is 0 Å². The number of non-ortho nitro benzene ring substituents is 1. The molecule has 0 fully saturated rings. The van der Waals surface area contributed by atoms with Crippen LogP contribution >= 0.6 is 0 Å². The molecule has 138 valence electrons. The van der Waals surface area contributed by atoms with Crippen molar-refractivity contribution < 1.29 is 14.1 Å². The van der Waals surface area contributed by atoms with Gasteiger partial charge in [-0.15, -0.1) is 0 Å². The van der Waals surface area contributed by atoms with Crippen molar-refractivity contribution in [1.29, 1.82) is 0 Å². The third kappa shape index (κ3) is 3.06. The van der Waals surface area contributed by atoms with E-state index in [9.17, 15) is 14.9 Å². The van der Waals surface area contributed by atoms with Crippen LogP contribution in [-0.4, -0.2) is 11.5 Å². The predicted octanol–water partition coefficient (Wildman–Crippen LogP) is 4.34. The summed E-state index contributed by atoms with van der Waals surface area (Å²) in [5, 5.41) is 15.0. The molecule has 7 heteroatoms. The van der Waals surface area contributed by atoms with Gasteiger partial charge in [0.2, 0.25) is 0 Å². The maximum Gasteiger partial charge on any atom is 0.360 e. The summed E-state index contributed by atoms with van der Waals surface area (Å²) in [7, 11) is 0. The summed E-state index contributed by atoms with van der Waals surface area (Å²) in [6.45, 7) is 2.42. The minimum absolute atomic E-state index is 0.0295. The zero-order chi connectivity index (χ0) is 19.0. The van der Waals surface area contributed by atoms with Crippen LogP contribution in [0, 0.1) is 10.1 Å². The second-order valence-corrected chi connectivity index (χ2v) is 6.40. The molecule has 1 N–H and O–H groups in total. The molecule has 27 heavy (non-hydrogen) atoms. The monoisotopic (exact) mass is 366 g/mol. The van der Waals surface area contributed by atoms with Crippen molar-refractivity contribution in [3.8, 4) is 0 Å². The van der Waals surface area contributed by atoms with E-state index in [2.05, 4.69) is 5.32 Å². The molecule has 2 atom stereocenters. The van der Waals surface area contributed by atoms with Gasteiger partial charge in [0.1, 0.15) is 11.3 Å². The van der Waals surface area contributed by atoms with Crippen molar-refractivity contribution >= 4 is 22.3 Å². The predicted molar refractivity (Wildman–Crippen MR) is 101 cm³/mol. The van der Waals surface area contributed by atoms with Crippen molar-refractivity contribution in [3.63, 3.8) is 0 Å². The van der Waals surface area contributed by atoms with Crippen LogP contribution in [0.25, 0.3) is 11.0 Å². The zero-order valence-corrected chi connectivity index (χ0v) is 14.7. The fraction of sp³-hybridized carbons (Fsp3) is 0.250. The summed E-state index contributed by atoms with van der Waals surface area (Å²) in [6.07, 6.45) is 0.326. The van der Waals surface area contributed by atoms with E-state index >= 15 is 0 Å². The molecule has 1 aromatic heterocycles. The highest BCUT2D eigenvalue weighted by atomic mass is 16.6. The molecule has 3 aromatic rings. The van der Waals surface area contributed by atoms with Gasteiger partial charge in [-0.05, 0) is 18.6 Å². The molecule has 0 saturated heterocycles. The molecule has 2 aromatic carbocycles. The molecule has 0 radical (unpaired) electrons. The number of para-hydroxylation sites is 1. The smallest absolute Gasteiger partial charge is 0.360 e. The van der Waals surface area contributed by atoms with Gasteiger partial charge in [0.25, 0.3) is 5.69 Å². The summed E-state index contributed by atoms with van der Waals surface area (Å²) in [4.78, 5) is 23.0. The zero-order valence-electron chi connectivity index (χ0n) is 14.7. The molecule has 0 spiro atoms. The van der Waals surface area contributed by atoms with Crippen LogP contribution in [0.3, 0.4) is 0 Å². The number of ether oxygens (including phenoxy) is 1. The molecule has 0 amide bonds. The lowest BCUT2D eigenvalue weighted by Crippen LogP contribution is -2.28. The molecule has 1 aliphatic rings. The van der Waals surface area contributed by atoms with Crippen molar-refractivity contribution in [3.05, 3.63) is 80.2 Å². The number of anilines is 1. The maximum absolute atomic E-state index is 12.6. The van der Waals surface area contributed by atoms with Crippen LogP contribution in [0.5, 0.6) is 0 Å². The third-order valence-electron chi connectivity index (χ3n) is 4.82. The lowest BCUT2D eigenvalue weighted by atomic mass is 9.89. The Morgan fingerprint density at radius 1 is 1.22 bits per heavy atom. The first-order valence-corrected chi connectivity index (χ1v) is 8.76. The average Bonchev–Trinajstić information content (AvgIpc) is 2.68. The Morgan fingerprint density at radius 2 is 1.96 bits per heavy atom. The van der Waals surface area contributed by atoms with Gasteiger partial charge in [-0.1, -0.05) is 30.3 Å². The number of hydrogen-bond donors (Lipinski definition) is 1. The van der Waals surface area contributed by atoms with Crippen LogP contribution in [0.15, 0.2) is 57.7 Å². The first kappa shape index (κ1) is 17.2. The highest BCUT2D eigenvalue weighted by Crippen LogP contribution is 2.42. The summed E-state index contributed by atoms with van der Waals surface area (Å²) in [6, 6.07) is 13.5. The summed E-state index contributed by atoms with van der Waals surface area (Å²) in [5.74, 6) is 0. The highest BCUT2D eigenvalue weighted by molar-refractivity contribution is 5.85.